The van der Waals surface area contributed by atoms with Crippen molar-refractivity contribution >= 4 is 17.3 Å². The summed E-state index contributed by atoms with van der Waals surface area (Å²) in [5.41, 5.74) is -0.280. The van der Waals surface area contributed by atoms with Crippen molar-refractivity contribution in [2.24, 2.45) is 5.41 Å². The Morgan fingerprint density at radius 3 is 2.07 bits per heavy atom. The van der Waals surface area contributed by atoms with Gasteiger partial charge in [0.25, 0.3) is 0 Å². The molecule has 1 saturated heterocycles. The summed E-state index contributed by atoms with van der Waals surface area (Å²) in [6.07, 6.45) is 3.71. The molecule has 2 aliphatic heterocycles. The second kappa shape index (κ2) is 7.44. The second-order valence-corrected chi connectivity index (χ2v) is 10.6. The van der Waals surface area contributed by atoms with Crippen molar-refractivity contribution in [1.29, 1.82) is 0 Å². The number of hydrogen-bond acceptors (Lipinski definition) is 4. The molecule has 1 fully saturated rings. The van der Waals surface area contributed by atoms with Gasteiger partial charge in [-0.2, -0.15) is 9.80 Å². The Morgan fingerprint density at radius 2 is 1.59 bits per heavy atom. The lowest BCUT2D eigenvalue weighted by atomic mass is 9.80. The Kier molecular flexibility index (Phi) is 5.74. The summed E-state index contributed by atoms with van der Waals surface area (Å²) < 4.78 is 6.30. The van der Waals surface area contributed by atoms with Gasteiger partial charge >= 0.3 is 5.72 Å². The summed E-state index contributed by atoms with van der Waals surface area (Å²) in [5, 5.41) is 15.8. The van der Waals surface area contributed by atoms with E-state index in [1.807, 2.05) is 29.3 Å². The van der Waals surface area contributed by atoms with Crippen molar-refractivity contribution in [3.63, 3.8) is 0 Å². The van der Waals surface area contributed by atoms with Crippen molar-refractivity contribution in [2.75, 3.05) is 13.0 Å². The second-order valence-electron chi connectivity index (χ2n) is 10.4. The van der Waals surface area contributed by atoms with Crippen LogP contribution in [0.2, 0.25) is 0 Å². The number of nitrogens with zero attached hydrogens (tertiary/aromatic N) is 2. The number of methoxy groups -OCH3 is 1. The van der Waals surface area contributed by atoms with Crippen LogP contribution in [0, 0.1) is 10.6 Å². The van der Waals surface area contributed by atoms with Gasteiger partial charge in [0.1, 0.15) is 11.6 Å². The van der Waals surface area contributed by atoms with Gasteiger partial charge in [0.2, 0.25) is 5.71 Å². The van der Waals surface area contributed by atoms with Crippen LogP contribution in [0.15, 0.2) is 24.3 Å². The van der Waals surface area contributed by atoms with Crippen LogP contribution in [-0.4, -0.2) is 45.3 Å². The molecule has 0 aliphatic carbocycles. The first-order valence-electron chi connectivity index (χ1n) is 10.4. The fourth-order valence-electron chi connectivity index (χ4n) is 5.17. The van der Waals surface area contributed by atoms with Gasteiger partial charge in [0.15, 0.2) is 0 Å². The lowest BCUT2D eigenvalue weighted by Gasteiger charge is -2.52. The van der Waals surface area contributed by atoms with Crippen LogP contribution in [-0.2, 0) is 4.84 Å². The number of benzene rings is 1. The Morgan fingerprint density at radius 1 is 1.03 bits per heavy atom. The lowest BCUT2D eigenvalue weighted by Crippen LogP contribution is -2.63. The molecule has 1 atom stereocenters. The molecule has 0 saturated carbocycles. The van der Waals surface area contributed by atoms with Crippen LogP contribution < -0.4 is 4.74 Å². The lowest BCUT2D eigenvalue weighted by molar-refractivity contribution is -0.631. The Balaban J connectivity index is 2.05. The Labute approximate surface area is 180 Å². The average Bonchev–Trinajstić information content (AvgIpc) is 2.84. The van der Waals surface area contributed by atoms with Crippen LogP contribution in [0.1, 0.15) is 72.8 Å². The molecule has 3 rings (SSSR count). The molecule has 162 valence electrons. The van der Waals surface area contributed by atoms with Crippen LogP contribution in [0.5, 0.6) is 5.75 Å². The number of halogens is 1. The molecular weight excluding hydrogens is 388 g/mol. The minimum atomic E-state index is -1.13. The number of alkyl halides is 1. The summed E-state index contributed by atoms with van der Waals surface area (Å²) in [6, 6.07) is 7.62. The number of hydroxylamine groups is 3. The van der Waals surface area contributed by atoms with Crippen molar-refractivity contribution in [3.05, 3.63) is 35.0 Å². The van der Waals surface area contributed by atoms with Crippen molar-refractivity contribution < 1.29 is 14.3 Å². The molecule has 29 heavy (non-hydrogen) atoms. The molecule has 1 aromatic rings. The van der Waals surface area contributed by atoms with E-state index in [1.54, 1.807) is 7.11 Å². The number of piperidine rings is 1. The molecular formula is C23H35ClN2O3. The van der Waals surface area contributed by atoms with Crippen molar-refractivity contribution in [2.45, 2.75) is 84.0 Å². The summed E-state index contributed by atoms with van der Waals surface area (Å²) >= 11 is 6.47. The van der Waals surface area contributed by atoms with Gasteiger partial charge in [0, 0.05) is 16.6 Å². The van der Waals surface area contributed by atoms with E-state index in [1.165, 1.54) is 0 Å². The minimum absolute atomic E-state index is 0.0994. The summed E-state index contributed by atoms with van der Waals surface area (Å²) in [7, 11) is 1.63. The van der Waals surface area contributed by atoms with Gasteiger partial charge in [-0.15, -0.1) is 11.6 Å². The molecule has 0 amide bonds. The summed E-state index contributed by atoms with van der Waals surface area (Å²) in [5.74, 6) is 0.863. The molecule has 0 radical (unpaired) electrons. The van der Waals surface area contributed by atoms with E-state index < -0.39 is 5.72 Å². The largest absolute Gasteiger partial charge is 0.621 e. The zero-order chi connectivity index (χ0) is 21.7. The monoisotopic (exact) mass is 422 g/mol. The molecule has 0 spiro atoms. The predicted octanol–water partition coefficient (Wildman–Crippen LogP) is 5.33. The maximum absolute atomic E-state index is 13.7. The third-order valence-corrected chi connectivity index (χ3v) is 6.86. The molecule has 2 heterocycles. The molecule has 6 heteroatoms. The molecule has 0 bridgehead atoms. The van der Waals surface area contributed by atoms with Crippen molar-refractivity contribution in [3.8, 4) is 5.75 Å². The van der Waals surface area contributed by atoms with Crippen LogP contribution in [0.3, 0.4) is 0 Å². The topological polar surface area (TPSA) is 47.8 Å². The number of ether oxygens (including phenoxy) is 1. The van der Waals surface area contributed by atoms with Gasteiger partial charge in [-0.05, 0) is 85.1 Å². The SMILES string of the molecule is COc1ccc(C2=[N+]([O-])C(CCl)(ON3C(C)(C)CCCC3(C)C)CC2(C)C)cc1. The van der Waals surface area contributed by atoms with Crippen molar-refractivity contribution in [1.82, 2.24) is 5.06 Å². The zero-order valence-electron chi connectivity index (χ0n) is 18.8. The van der Waals surface area contributed by atoms with Gasteiger partial charge in [-0.1, -0.05) is 0 Å². The fraction of sp³-hybridized carbons (Fsp3) is 0.696. The van der Waals surface area contributed by atoms with Crippen LogP contribution in [0.25, 0.3) is 0 Å². The summed E-state index contributed by atoms with van der Waals surface area (Å²) in [6.45, 7) is 12.9. The maximum Gasteiger partial charge on any atom is 0.308 e. The van der Waals surface area contributed by atoms with E-state index in [9.17, 15) is 5.21 Å². The molecule has 1 unspecified atom stereocenters. The third-order valence-electron chi connectivity index (χ3n) is 6.44. The Hall–Kier alpha value is -1.30. The highest BCUT2D eigenvalue weighted by Gasteiger charge is 2.60. The van der Waals surface area contributed by atoms with Gasteiger partial charge < -0.3 is 9.94 Å². The molecule has 0 aromatic heterocycles. The standard InChI is InChI=1S/C23H35ClN2O3/c1-20(2)15-23(16-24,29-26-21(3,4)13-8-14-22(26,5)6)25(27)19(20)17-9-11-18(28-7)12-10-17/h9-12H,8,13-16H2,1-7H3. The first-order chi connectivity index (χ1) is 13.4. The number of hydrogen-bond donors (Lipinski definition) is 0. The van der Waals surface area contributed by atoms with Crippen LogP contribution >= 0.6 is 11.6 Å². The smallest absolute Gasteiger partial charge is 0.308 e. The highest BCUT2D eigenvalue weighted by molar-refractivity contribution is 6.18. The van der Waals surface area contributed by atoms with E-state index in [2.05, 4.69) is 41.5 Å². The molecule has 2 aliphatic rings. The van der Waals surface area contributed by atoms with E-state index in [0.717, 1.165) is 35.3 Å². The fourth-order valence-corrected chi connectivity index (χ4v) is 5.42. The first kappa shape index (κ1) is 22.4. The first-order valence-corrected chi connectivity index (χ1v) is 11.0. The summed E-state index contributed by atoms with van der Waals surface area (Å²) in [4.78, 5) is 6.63. The highest BCUT2D eigenvalue weighted by atomic mass is 35.5. The zero-order valence-corrected chi connectivity index (χ0v) is 19.6. The van der Waals surface area contributed by atoms with Gasteiger partial charge in [-0.3, -0.25) is 0 Å². The van der Waals surface area contributed by atoms with E-state index in [0.29, 0.717) is 12.1 Å². The van der Waals surface area contributed by atoms with E-state index >= 15 is 0 Å². The highest BCUT2D eigenvalue weighted by Crippen LogP contribution is 2.47. The normalized spacial score (nSPS) is 28.6. The average molecular weight is 423 g/mol. The van der Waals surface area contributed by atoms with Crippen LogP contribution in [0.4, 0.5) is 0 Å². The predicted molar refractivity (Wildman–Crippen MR) is 118 cm³/mol. The van der Waals surface area contributed by atoms with Gasteiger partial charge in [0.05, 0.1) is 18.9 Å². The molecule has 0 N–H and O–H groups in total. The molecule has 5 nitrogen and oxygen atoms in total. The maximum atomic E-state index is 13.7. The quantitative estimate of drug-likeness (QED) is 0.365. The molecule has 1 aromatic carbocycles. The number of rotatable bonds is 5. The van der Waals surface area contributed by atoms with E-state index in [4.69, 9.17) is 21.2 Å². The minimum Gasteiger partial charge on any atom is -0.621 e. The van der Waals surface area contributed by atoms with E-state index in [-0.39, 0.29) is 22.4 Å². The Bertz CT molecular complexity index is 770. The van der Waals surface area contributed by atoms with Gasteiger partial charge in [-0.25, -0.2) is 4.84 Å². The third kappa shape index (κ3) is 3.89.